The van der Waals surface area contributed by atoms with Crippen LogP contribution in [-0.2, 0) is 19.0 Å². The molecule has 41 heavy (non-hydrogen) atoms. The number of carboxylic acids is 1. The molecule has 2 aliphatic carbocycles. The summed E-state index contributed by atoms with van der Waals surface area (Å²) in [6, 6.07) is 17.4. The van der Waals surface area contributed by atoms with Gasteiger partial charge in [-0.3, -0.25) is 4.39 Å². The molecule has 5 rings (SSSR count). The van der Waals surface area contributed by atoms with Crippen molar-refractivity contribution in [1.82, 2.24) is 0 Å². The summed E-state index contributed by atoms with van der Waals surface area (Å²) in [6.07, 6.45) is 3.23. The molecule has 2 nitrogen and oxygen atoms in total. The fraction of sp³-hybridized carbons (Fsp3) is 0.343. The molecule has 0 aromatic heterocycles. The van der Waals surface area contributed by atoms with Gasteiger partial charge in [0.1, 0.15) is 0 Å². The van der Waals surface area contributed by atoms with Crippen LogP contribution in [0.1, 0.15) is 94.8 Å². The number of halogens is 4. The molecule has 214 valence electrons. The molecule has 2 aliphatic rings. The first kappa shape index (κ1) is 28.8. The highest BCUT2D eigenvalue weighted by Crippen LogP contribution is 2.45. The molecule has 6 heteroatoms. The molecule has 0 amide bonds. The lowest BCUT2D eigenvalue weighted by molar-refractivity contribution is -0.137. The van der Waals surface area contributed by atoms with Crippen LogP contribution in [0, 0.1) is 5.92 Å². The third-order valence-electron chi connectivity index (χ3n) is 8.34. The molecule has 1 fully saturated rings. The summed E-state index contributed by atoms with van der Waals surface area (Å²) in [5.41, 5.74) is 6.44. The van der Waals surface area contributed by atoms with E-state index in [2.05, 4.69) is 6.08 Å². The van der Waals surface area contributed by atoms with E-state index < -0.39 is 17.7 Å². The van der Waals surface area contributed by atoms with Crippen LogP contribution in [0.15, 0.2) is 66.2 Å². The quantitative estimate of drug-likeness (QED) is 0.278. The molecular formula is C35H34F4O2. The van der Waals surface area contributed by atoms with Crippen molar-refractivity contribution in [3.63, 3.8) is 0 Å². The van der Waals surface area contributed by atoms with Gasteiger partial charge in [-0.15, -0.1) is 0 Å². The predicted octanol–water partition coefficient (Wildman–Crippen LogP) is 9.80. The Morgan fingerprint density at radius 2 is 1.71 bits per heavy atom. The van der Waals surface area contributed by atoms with Crippen molar-refractivity contribution in [1.29, 1.82) is 0 Å². The molecular weight excluding hydrogens is 528 g/mol. The van der Waals surface area contributed by atoms with E-state index in [0.29, 0.717) is 49.2 Å². The maximum absolute atomic E-state index is 14.4. The summed E-state index contributed by atoms with van der Waals surface area (Å²) in [5.74, 6) is -0.485. The Kier molecular flexibility index (Phi) is 8.48. The molecule has 0 atom stereocenters. The average Bonchev–Trinajstić information content (AvgIpc) is 3.13. The van der Waals surface area contributed by atoms with Crippen LogP contribution in [-0.4, -0.2) is 17.8 Å². The number of hydrogen-bond acceptors (Lipinski definition) is 1. The average molecular weight is 563 g/mol. The summed E-state index contributed by atoms with van der Waals surface area (Å²) in [6.45, 7) is 1.56. The van der Waals surface area contributed by atoms with Crippen LogP contribution >= 0.6 is 0 Å². The van der Waals surface area contributed by atoms with Crippen molar-refractivity contribution < 1.29 is 27.5 Å². The molecule has 0 spiro atoms. The van der Waals surface area contributed by atoms with Gasteiger partial charge in [0.15, 0.2) is 0 Å². The van der Waals surface area contributed by atoms with Crippen LogP contribution in [0.4, 0.5) is 17.6 Å². The number of aromatic carboxylic acids is 1. The van der Waals surface area contributed by atoms with Gasteiger partial charge in [-0.05, 0) is 120 Å². The molecule has 0 unspecified atom stereocenters. The minimum absolute atomic E-state index is 0.169. The maximum atomic E-state index is 14.4. The molecule has 3 aromatic carbocycles. The van der Waals surface area contributed by atoms with Gasteiger partial charge in [-0.1, -0.05) is 61.0 Å². The topological polar surface area (TPSA) is 37.3 Å². The largest absolute Gasteiger partial charge is 0.478 e. The van der Waals surface area contributed by atoms with Crippen LogP contribution in [0.5, 0.6) is 0 Å². The Morgan fingerprint density at radius 1 is 0.976 bits per heavy atom. The van der Waals surface area contributed by atoms with Gasteiger partial charge in [-0.25, -0.2) is 4.79 Å². The molecule has 0 radical (unpaired) electrons. The molecule has 0 bridgehead atoms. The van der Waals surface area contributed by atoms with Crippen molar-refractivity contribution in [2.75, 3.05) is 6.67 Å². The van der Waals surface area contributed by atoms with Gasteiger partial charge in [0.05, 0.1) is 17.8 Å². The Bertz CT molecular complexity index is 1490. The molecule has 1 saturated carbocycles. The van der Waals surface area contributed by atoms with Gasteiger partial charge in [0.25, 0.3) is 0 Å². The predicted molar refractivity (Wildman–Crippen MR) is 155 cm³/mol. The first-order valence-corrected chi connectivity index (χ1v) is 14.3. The Morgan fingerprint density at radius 3 is 2.37 bits per heavy atom. The zero-order chi connectivity index (χ0) is 29.1. The Balaban J connectivity index is 1.62. The number of hydrogen-bond donors (Lipinski definition) is 1. The molecule has 0 saturated heterocycles. The number of allylic oxidation sites excluding steroid dienone is 2. The fourth-order valence-corrected chi connectivity index (χ4v) is 6.18. The third-order valence-corrected chi connectivity index (χ3v) is 8.34. The maximum Gasteiger partial charge on any atom is 0.417 e. The number of rotatable bonds is 8. The molecule has 0 heterocycles. The van der Waals surface area contributed by atoms with Crippen molar-refractivity contribution in [3.05, 3.63) is 111 Å². The zero-order valence-electron chi connectivity index (χ0n) is 23.2. The van der Waals surface area contributed by atoms with Gasteiger partial charge in [0.2, 0.25) is 0 Å². The lowest BCUT2D eigenvalue weighted by atomic mass is 9.77. The number of alkyl halides is 4. The highest BCUT2D eigenvalue weighted by atomic mass is 19.4. The van der Waals surface area contributed by atoms with Gasteiger partial charge < -0.3 is 5.11 Å². The van der Waals surface area contributed by atoms with E-state index in [1.54, 1.807) is 24.3 Å². The molecule has 1 N–H and O–H groups in total. The number of fused-ring (bicyclic) bond motifs is 1. The smallest absolute Gasteiger partial charge is 0.417 e. The second-order valence-electron chi connectivity index (χ2n) is 11.1. The van der Waals surface area contributed by atoms with Crippen LogP contribution in [0.25, 0.3) is 17.2 Å². The van der Waals surface area contributed by atoms with Crippen LogP contribution < -0.4 is 0 Å². The number of carboxylic acid groups (broad SMARTS) is 1. The summed E-state index contributed by atoms with van der Waals surface area (Å²) in [7, 11) is 0. The minimum Gasteiger partial charge on any atom is -0.478 e. The van der Waals surface area contributed by atoms with E-state index in [1.165, 1.54) is 17.7 Å². The van der Waals surface area contributed by atoms with Crippen molar-refractivity contribution >= 4 is 23.2 Å². The van der Waals surface area contributed by atoms with Gasteiger partial charge >= 0.3 is 12.1 Å². The Labute approximate surface area is 238 Å². The SMILES string of the molecule is CCc1ccc(C2=C(c3ccc(C=C4CC(CCCF)C4)cc3)c3ccc(C(=O)O)cc3CCC2)c(C(F)(F)F)c1. The van der Waals surface area contributed by atoms with Gasteiger partial charge in [0, 0.05) is 0 Å². The first-order valence-electron chi connectivity index (χ1n) is 14.3. The number of carbonyl (C=O) groups is 1. The van der Waals surface area contributed by atoms with E-state index in [-0.39, 0.29) is 17.8 Å². The van der Waals surface area contributed by atoms with E-state index >= 15 is 0 Å². The zero-order valence-corrected chi connectivity index (χ0v) is 23.2. The van der Waals surface area contributed by atoms with E-state index in [4.69, 9.17) is 0 Å². The van der Waals surface area contributed by atoms with Crippen LogP contribution in [0.2, 0.25) is 0 Å². The summed E-state index contributed by atoms with van der Waals surface area (Å²) < 4.78 is 55.6. The fourth-order valence-electron chi connectivity index (χ4n) is 6.18. The van der Waals surface area contributed by atoms with E-state index in [0.717, 1.165) is 47.1 Å². The second kappa shape index (κ2) is 12.1. The van der Waals surface area contributed by atoms with Crippen molar-refractivity contribution in [2.45, 2.75) is 64.5 Å². The highest BCUT2D eigenvalue weighted by molar-refractivity contribution is 6.01. The Hall–Kier alpha value is -3.67. The normalized spacial score (nSPS) is 17.1. The standard InChI is InChI=1S/C35H34F4O2/c1-2-22-10-14-30(32(20-22)35(37,38)39)31-7-3-6-27-21-28(34(40)41)13-15-29(27)33(31)26-11-8-23(9-12-26)17-25-18-24(19-25)5-4-16-36/h8-15,17,20-21,24H,2-7,16,18-19H2,1H3,(H,40,41). The van der Waals surface area contributed by atoms with Crippen LogP contribution in [0.3, 0.4) is 0 Å². The summed E-state index contributed by atoms with van der Waals surface area (Å²) in [4.78, 5) is 11.7. The first-order chi connectivity index (χ1) is 19.7. The van der Waals surface area contributed by atoms with Gasteiger partial charge in [-0.2, -0.15) is 13.2 Å². The lowest BCUT2D eigenvalue weighted by Gasteiger charge is -2.29. The minimum atomic E-state index is -4.51. The summed E-state index contributed by atoms with van der Waals surface area (Å²) in [5, 5.41) is 9.57. The number of benzene rings is 3. The molecule has 0 aliphatic heterocycles. The van der Waals surface area contributed by atoms with Crippen molar-refractivity contribution in [2.24, 2.45) is 5.92 Å². The number of aryl methyl sites for hydroxylation is 2. The second-order valence-corrected chi connectivity index (χ2v) is 11.1. The third kappa shape index (κ3) is 6.32. The van der Waals surface area contributed by atoms with E-state index in [1.807, 2.05) is 31.2 Å². The van der Waals surface area contributed by atoms with E-state index in [9.17, 15) is 27.5 Å². The summed E-state index contributed by atoms with van der Waals surface area (Å²) >= 11 is 0. The lowest BCUT2D eigenvalue weighted by Crippen LogP contribution is -2.14. The highest BCUT2D eigenvalue weighted by Gasteiger charge is 2.35. The monoisotopic (exact) mass is 562 g/mol. The van der Waals surface area contributed by atoms with Crippen molar-refractivity contribution in [3.8, 4) is 0 Å². The molecule has 3 aromatic rings.